The number of carbonyl (C=O) groups excluding carboxylic acids is 1. The van der Waals surface area contributed by atoms with E-state index in [-0.39, 0.29) is 5.97 Å². The Bertz CT molecular complexity index is 297. The van der Waals surface area contributed by atoms with Gasteiger partial charge in [0.15, 0.2) is 0 Å². The fourth-order valence-corrected chi connectivity index (χ4v) is 2.96. The van der Waals surface area contributed by atoms with Crippen molar-refractivity contribution in [3.05, 3.63) is 0 Å². The molecule has 1 aliphatic carbocycles. The van der Waals surface area contributed by atoms with Crippen molar-refractivity contribution in [3.63, 3.8) is 0 Å². The molecule has 1 rings (SSSR count). The van der Waals surface area contributed by atoms with Crippen molar-refractivity contribution in [2.45, 2.75) is 70.9 Å². The monoisotopic (exact) mass is 284 g/mol. The minimum atomic E-state index is -0.849. The van der Waals surface area contributed by atoms with Gasteiger partial charge in [0, 0.05) is 6.04 Å². The third-order valence-corrected chi connectivity index (χ3v) is 4.56. The molecule has 0 spiro atoms. The summed E-state index contributed by atoms with van der Waals surface area (Å²) in [6.45, 7) is 7.32. The number of carbonyl (C=O) groups is 1. The lowest BCUT2D eigenvalue weighted by Crippen LogP contribution is -2.46. The standard InChI is InChI=1S/C16H32N2O2/c1-5-20-15(19)16(3,17)11-6-12-18(4)14-9-7-13(2)8-10-14/h13-14H,5-12,17H2,1-4H3. The van der Waals surface area contributed by atoms with Crippen LogP contribution in [0.2, 0.25) is 0 Å². The molecule has 0 aromatic rings. The molecule has 0 bridgehead atoms. The Labute approximate surface area is 124 Å². The highest BCUT2D eigenvalue weighted by atomic mass is 16.5. The number of nitrogens with two attached hydrogens (primary N) is 1. The number of ether oxygens (including phenoxy) is 1. The van der Waals surface area contributed by atoms with Crippen molar-refractivity contribution in [2.75, 3.05) is 20.2 Å². The first kappa shape index (κ1) is 17.4. The van der Waals surface area contributed by atoms with Gasteiger partial charge in [-0.05, 0) is 71.9 Å². The number of nitrogens with zero attached hydrogens (tertiary/aromatic N) is 1. The number of hydrogen-bond acceptors (Lipinski definition) is 4. The van der Waals surface area contributed by atoms with Gasteiger partial charge < -0.3 is 15.4 Å². The van der Waals surface area contributed by atoms with E-state index in [2.05, 4.69) is 18.9 Å². The fourth-order valence-electron chi connectivity index (χ4n) is 2.96. The van der Waals surface area contributed by atoms with Gasteiger partial charge in [0.1, 0.15) is 5.54 Å². The Kier molecular flexibility index (Phi) is 6.96. The molecule has 1 saturated carbocycles. The Balaban J connectivity index is 2.27. The highest BCUT2D eigenvalue weighted by molar-refractivity contribution is 5.79. The lowest BCUT2D eigenvalue weighted by molar-refractivity contribution is -0.149. The molecule has 20 heavy (non-hydrogen) atoms. The minimum absolute atomic E-state index is 0.283. The maximum atomic E-state index is 11.7. The molecule has 1 unspecified atom stereocenters. The quantitative estimate of drug-likeness (QED) is 0.730. The predicted octanol–water partition coefficient (Wildman–Crippen LogP) is 2.56. The zero-order chi connectivity index (χ0) is 15.2. The van der Waals surface area contributed by atoms with Gasteiger partial charge in [-0.25, -0.2) is 0 Å². The van der Waals surface area contributed by atoms with Crippen LogP contribution in [0.15, 0.2) is 0 Å². The molecule has 1 aliphatic rings. The molecule has 0 radical (unpaired) electrons. The molecule has 0 amide bonds. The summed E-state index contributed by atoms with van der Waals surface area (Å²) < 4.78 is 5.01. The fraction of sp³-hybridized carbons (Fsp3) is 0.938. The topological polar surface area (TPSA) is 55.6 Å². The number of hydrogen-bond donors (Lipinski definition) is 1. The van der Waals surface area contributed by atoms with Crippen LogP contribution < -0.4 is 5.73 Å². The van der Waals surface area contributed by atoms with E-state index in [1.807, 2.05) is 6.92 Å². The third-order valence-electron chi connectivity index (χ3n) is 4.56. The Morgan fingerprint density at radius 1 is 1.35 bits per heavy atom. The van der Waals surface area contributed by atoms with Gasteiger partial charge in [-0.15, -0.1) is 0 Å². The molecule has 1 fully saturated rings. The van der Waals surface area contributed by atoms with E-state index < -0.39 is 5.54 Å². The van der Waals surface area contributed by atoms with E-state index in [1.165, 1.54) is 25.7 Å². The van der Waals surface area contributed by atoms with Crippen LogP contribution in [0.25, 0.3) is 0 Å². The van der Waals surface area contributed by atoms with Gasteiger partial charge in [-0.3, -0.25) is 4.79 Å². The molecule has 0 saturated heterocycles. The summed E-state index contributed by atoms with van der Waals surface area (Å²) in [5.41, 5.74) is 5.19. The van der Waals surface area contributed by atoms with Gasteiger partial charge in [0.05, 0.1) is 6.61 Å². The molecule has 1 atom stereocenters. The Hall–Kier alpha value is -0.610. The zero-order valence-electron chi connectivity index (χ0n) is 13.7. The smallest absolute Gasteiger partial charge is 0.325 e. The average Bonchev–Trinajstić information content (AvgIpc) is 2.39. The van der Waals surface area contributed by atoms with Crippen LogP contribution in [0.3, 0.4) is 0 Å². The second kappa shape index (κ2) is 7.99. The molecular weight excluding hydrogens is 252 g/mol. The highest BCUT2D eigenvalue weighted by Crippen LogP contribution is 2.26. The summed E-state index contributed by atoms with van der Waals surface area (Å²) in [5, 5.41) is 0. The van der Waals surface area contributed by atoms with Gasteiger partial charge in [0.25, 0.3) is 0 Å². The minimum Gasteiger partial charge on any atom is -0.465 e. The summed E-state index contributed by atoms with van der Waals surface area (Å²) in [4.78, 5) is 14.2. The predicted molar refractivity (Wildman–Crippen MR) is 82.5 cm³/mol. The second-order valence-electron chi connectivity index (χ2n) is 6.64. The zero-order valence-corrected chi connectivity index (χ0v) is 13.7. The van der Waals surface area contributed by atoms with E-state index in [0.717, 1.165) is 18.9 Å². The van der Waals surface area contributed by atoms with Crippen molar-refractivity contribution in [1.29, 1.82) is 0 Å². The van der Waals surface area contributed by atoms with E-state index in [0.29, 0.717) is 19.1 Å². The van der Waals surface area contributed by atoms with Gasteiger partial charge in [-0.2, -0.15) is 0 Å². The molecule has 2 N–H and O–H groups in total. The summed E-state index contributed by atoms with van der Waals surface area (Å²) in [6, 6.07) is 0.706. The Morgan fingerprint density at radius 2 is 1.95 bits per heavy atom. The third kappa shape index (κ3) is 5.41. The van der Waals surface area contributed by atoms with Crippen LogP contribution in [0.1, 0.15) is 59.3 Å². The molecule has 0 heterocycles. The maximum absolute atomic E-state index is 11.7. The molecular formula is C16H32N2O2. The van der Waals surface area contributed by atoms with Crippen molar-refractivity contribution in [3.8, 4) is 0 Å². The first-order chi connectivity index (χ1) is 9.36. The molecule has 4 nitrogen and oxygen atoms in total. The van der Waals surface area contributed by atoms with Crippen molar-refractivity contribution >= 4 is 5.97 Å². The van der Waals surface area contributed by atoms with Crippen LogP contribution in [-0.4, -0.2) is 42.6 Å². The molecule has 0 aliphatic heterocycles. The first-order valence-electron chi connectivity index (χ1n) is 8.03. The molecule has 0 aromatic carbocycles. The molecule has 118 valence electrons. The normalized spacial score (nSPS) is 26.3. The van der Waals surface area contributed by atoms with E-state index >= 15 is 0 Å². The van der Waals surface area contributed by atoms with Crippen molar-refractivity contribution in [2.24, 2.45) is 11.7 Å². The Morgan fingerprint density at radius 3 is 2.50 bits per heavy atom. The van der Waals surface area contributed by atoms with E-state index in [9.17, 15) is 4.79 Å². The van der Waals surface area contributed by atoms with Crippen LogP contribution in [0, 0.1) is 5.92 Å². The van der Waals surface area contributed by atoms with Crippen LogP contribution in [0.5, 0.6) is 0 Å². The number of rotatable bonds is 7. The first-order valence-corrected chi connectivity index (χ1v) is 8.03. The van der Waals surface area contributed by atoms with Gasteiger partial charge in [0.2, 0.25) is 0 Å². The van der Waals surface area contributed by atoms with E-state index in [4.69, 9.17) is 10.5 Å². The largest absolute Gasteiger partial charge is 0.465 e. The summed E-state index contributed by atoms with van der Waals surface area (Å²) >= 11 is 0. The maximum Gasteiger partial charge on any atom is 0.325 e. The lowest BCUT2D eigenvalue weighted by Gasteiger charge is -2.34. The van der Waals surface area contributed by atoms with Crippen molar-refractivity contribution < 1.29 is 9.53 Å². The number of esters is 1. The van der Waals surface area contributed by atoms with Gasteiger partial charge >= 0.3 is 5.97 Å². The average molecular weight is 284 g/mol. The van der Waals surface area contributed by atoms with Crippen LogP contribution >= 0.6 is 0 Å². The summed E-state index contributed by atoms with van der Waals surface area (Å²) in [5.74, 6) is 0.602. The summed E-state index contributed by atoms with van der Waals surface area (Å²) in [6.07, 6.45) is 6.90. The second-order valence-corrected chi connectivity index (χ2v) is 6.64. The van der Waals surface area contributed by atoms with Crippen molar-refractivity contribution in [1.82, 2.24) is 4.90 Å². The SMILES string of the molecule is CCOC(=O)C(C)(N)CCCN(C)C1CCC(C)CC1. The summed E-state index contributed by atoms with van der Waals surface area (Å²) in [7, 11) is 2.19. The highest BCUT2D eigenvalue weighted by Gasteiger charge is 2.29. The van der Waals surface area contributed by atoms with Crippen LogP contribution in [0.4, 0.5) is 0 Å². The molecule has 0 aromatic heterocycles. The van der Waals surface area contributed by atoms with E-state index in [1.54, 1.807) is 6.92 Å². The van der Waals surface area contributed by atoms with Crippen LogP contribution in [-0.2, 0) is 9.53 Å². The lowest BCUT2D eigenvalue weighted by atomic mass is 9.86. The van der Waals surface area contributed by atoms with Gasteiger partial charge in [-0.1, -0.05) is 6.92 Å². The molecule has 4 heteroatoms.